The molecule has 1 saturated heterocycles. The number of carbonyl (C=O) groups excluding carboxylic acids is 5. The molecule has 0 aliphatic carbocycles. The lowest BCUT2D eigenvalue weighted by molar-refractivity contribution is -0.197. The Labute approximate surface area is 147 Å². The second kappa shape index (κ2) is 11.2. The van der Waals surface area contributed by atoms with Crippen molar-refractivity contribution in [2.24, 2.45) is 5.92 Å². The molecule has 1 aliphatic rings. The second-order valence-corrected chi connectivity index (χ2v) is 5.32. The highest BCUT2D eigenvalue weighted by Crippen LogP contribution is 2.13. The molecule has 0 spiro atoms. The van der Waals surface area contributed by atoms with Gasteiger partial charge in [0.2, 0.25) is 5.91 Å². The van der Waals surface area contributed by atoms with Crippen LogP contribution in [0.3, 0.4) is 0 Å². The SMILES string of the molecule is CC.COC(=O)[C@H](CCC(=O)ON1C(=O)CCC1=O)NC(=O)C(C)C. The number of amides is 3. The number of esters is 1. The van der Waals surface area contributed by atoms with Crippen molar-refractivity contribution in [2.75, 3.05) is 7.11 Å². The van der Waals surface area contributed by atoms with E-state index in [1.165, 1.54) is 0 Å². The zero-order valence-electron chi connectivity index (χ0n) is 15.3. The molecular weight excluding hydrogens is 332 g/mol. The quantitative estimate of drug-likeness (QED) is 0.526. The van der Waals surface area contributed by atoms with Crippen LogP contribution in [0.2, 0.25) is 0 Å². The summed E-state index contributed by atoms with van der Waals surface area (Å²) in [6, 6.07) is -1.01. The predicted molar refractivity (Wildman–Crippen MR) is 86.5 cm³/mol. The van der Waals surface area contributed by atoms with Crippen LogP contribution in [0.4, 0.5) is 0 Å². The Morgan fingerprint density at radius 3 is 2.08 bits per heavy atom. The molecule has 1 atom stereocenters. The van der Waals surface area contributed by atoms with Gasteiger partial charge in [-0.05, 0) is 6.42 Å². The largest absolute Gasteiger partial charge is 0.467 e. The number of nitrogens with zero attached hydrogens (tertiary/aromatic N) is 1. The van der Waals surface area contributed by atoms with Crippen molar-refractivity contribution in [3.63, 3.8) is 0 Å². The smallest absolute Gasteiger partial charge is 0.333 e. The summed E-state index contributed by atoms with van der Waals surface area (Å²) in [6.45, 7) is 7.31. The van der Waals surface area contributed by atoms with Gasteiger partial charge < -0.3 is 14.9 Å². The van der Waals surface area contributed by atoms with E-state index in [-0.39, 0.29) is 37.5 Å². The second-order valence-electron chi connectivity index (χ2n) is 5.32. The van der Waals surface area contributed by atoms with Crippen LogP contribution in [-0.2, 0) is 33.5 Å². The van der Waals surface area contributed by atoms with Crippen molar-refractivity contribution in [2.45, 2.75) is 59.4 Å². The number of carbonyl (C=O) groups is 5. The molecule has 142 valence electrons. The van der Waals surface area contributed by atoms with E-state index in [9.17, 15) is 24.0 Å². The van der Waals surface area contributed by atoms with Crippen LogP contribution in [0.1, 0.15) is 53.4 Å². The van der Waals surface area contributed by atoms with Gasteiger partial charge in [0.25, 0.3) is 11.8 Å². The molecule has 1 rings (SSSR count). The van der Waals surface area contributed by atoms with Crippen molar-refractivity contribution in [1.82, 2.24) is 10.4 Å². The molecule has 25 heavy (non-hydrogen) atoms. The summed E-state index contributed by atoms with van der Waals surface area (Å²) >= 11 is 0. The molecule has 0 radical (unpaired) electrons. The molecule has 1 heterocycles. The van der Waals surface area contributed by atoms with Crippen LogP contribution in [0.25, 0.3) is 0 Å². The molecule has 9 heteroatoms. The van der Waals surface area contributed by atoms with Gasteiger partial charge in [0.05, 0.1) is 13.5 Å². The fourth-order valence-corrected chi connectivity index (χ4v) is 1.80. The Bertz CT molecular complexity index is 501. The average molecular weight is 358 g/mol. The van der Waals surface area contributed by atoms with Gasteiger partial charge in [-0.25, -0.2) is 9.59 Å². The van der Waals surface area contributed by atoms with E-state index < -0.39 is 29.8 Å². The van der Waals surface area contributed by atoms with E-state index in [0.29, 0.717) is 5.06 Å². The molecule has 0 aromatic rings. The maximum atomic E-state index is 11.7. The lowest BCUT2D eigenvalue weighted by Gasteiger charge is -2.18. The Morgan fingerprint density at radius 2 is 1.64 bits per heavy atom. The normalized spacial score (nSPS) is 14.6. The number of hydroxylamine groups is 2. The first-order chi connectivity index (χ1) is 11.8. The van der Waals surface area contributed by atoms with Crippen LogP contribution in [0, 0.1) is 5.92 Å². The summed E-state index contributed by atoms with van der Waals surface area (Å²) in [5.41, 5.74) is 0. The number of nitrogens with one attached hydrogen (secondary N) is 1. The molecule has 1 N–H and O–H groups in total. The summed E-state index contributed by atoms with van der Waals surface area (Å²) in [5, 5.41) is 2.90. The van der Waals surface area contributed by atoms with Gasteiger partial charge in [-0.2, -0.15) is 0 Å². The number of hydrogen-bond acceptors (Lipinski definition) is 7. The highest BCUT2D eigenvalue weighted by atomic mass is 16.7. The zero-order chi connectivity index (χ0) is 19.6. The highest BCUT2D eigenvalue weighted by molar-refractivity contribution is 6.01. The molecule has 0 bridgehead atoms. The van der Waals surface area contributed by atoms with Gasteiger partial charge in [-0.1, -0.05) is 27.7 Å². The number of rotatable bonds is 7. The molecule has 0 aromatic carbocycles. The van der Waals surface area contributed by atoms with Crippen LogP contribution < -0.4 is 5.32 Å². The molecule has 0 saturated carbocycles. The van der Waals surface area contributed by atoms with Crippen molar-refractivity contribution in [1.29, 1.82) is 0 Å². The molecule has 9 nitrogen and oxygen atoms in total. The number of ether oxygens (including phenoxy) is 1. The van der Waals surface area contributed by atoms with Crippen LogP contribution in [0.15, 0.2) is 0 Å². The van der Waals surface area contributed by atoms with Gasteiger partial charge >= 0.3 is 11.9 Å². The van der Waals surface area contributed by atoms with Gasteiger partial charge in [0.1, 0.15) is 6.04 Å². The number of hydrogen-bond donors (Lipinski definition) is 1. The molecule has 1 aliphatic heterocycles. The monoisotopic (exact) mass is 358 g/mol. The maximum Gasteiger partial charge on any atom is 0.333 e. The van der Waals surface area contributed by atoms with E-state index in [4.69, 9.17) is 0 Å². The van der Waals surface area contributed by atoms with Crippen molar-refractivity contribution in [3.8, 4) is 0 Å². The first kappa shape index (κ1) is 22.6. The fourth-order valence-electron chi connectivity index (χ4n) is 1.80. The molecular formula is C16H26N2O7. The Balaban J connectivity index is 0.00000277. The van der Waals surface area contributed by atoms with Crippen LogP contribution in [-0.4, -0.2) is 47.9 Å². The maximum absolute atomic E-state index is 11.7. The number of methoxy groups -OCH3 is 1. The van der Waals surface area contributed by atoms with E-state index in [0.717, 1.165) is 7.11 Å². The van der Waals surface area contributed by atoms with Gasteiger partial charge in [-0.3, -0.25) is 14.4 Å². The van der Waals surface area contributed by atoms with E-state index in [1.54, 1.807) is 13.8 Å². The Hall–Kier alpha value is -2.45. The fraction of sp³-hybridized carbons (Fsp3) is 0.688. The van der Waals surface area contributed by atoms with E-state index >= 15 is 0 Å². The van der Waals surface area contributed by atoms with Crippen molar-refractivity contribution >= 4 is 29.7 Å². The van der Waals surface area contributed by atoms with E-state index in [2.05, 4.69) is 14.9 Å². The lowest BCUT2D eigenvalue weighted by atomic mass is 10.1. The van der Waals surface area contributed by atoms with Gasteiger partial charge in [-0.15, -0.1) is 5.06 Å². The summed E-state index contributed by atoms with van der Waals surface area (Å²) in [7, 11) is 1.16. The third kappa shape index (κ3) is 7.32. The zero-order valence-corrected chi connectivity index (χ0v) is 15.3. The minimum Gasteiger partial charge on any atom is -0.467 e. The predicted octanol–water partition coefficient (Wildman–Crippen LogP) is 0.714. The standard InChI is InChI=1S/C14H20N2O7.C2H6/c1-8(2)13(20)15-9(14(21)22-3)4-7-12(19)23-16-10(17)5-6-11(16)18;1-2/h8-9H,4-7H2,1-3H3,(H,15,20);1-2H3/t9-;/m0./s1. The third-order valence-electron chi connectivity index (χ3n) is 3.16. The van der Waals surface area contributed by atoms with Crippen LogP contribution >= 0.6 is 0 Å². The Morgan fingerprint density at radius 1 is 1.12 bits per heavy atom. The molecule has 3 amide bonds. The highest BCUT2D eigenvalue weighted by Gasteiger charge is 2.33. The minimum absolute atomic E-state index is 0.00133. The molecule has 0 aromatic heterocycles. The van der Waals surface area contributed by atoms with Crippen LogP contribution in [0.5, 0.6) is 0 Å². The molecule has 0 unspecified atom stereocenters. The minimum atomic E-state index is -1.01. The first-order valence-electron chi connectivity index (χ1n) is 8.21. The summed E-state index contributed by atoms with van der Waals surface area (Å²) in [6.07, 6.45) is -0.335. The van der Waals surface area contributed by atoms with Gasteiger partial charge in [0, 0.05) is 18.8 Å². The first-order valence-corrected chi connectivity index (χ1v) is 8.21. The third-order valence-corrected chi connectivity index (χ3v) is 3.16. The van der Waals surface area contributed by atoms with Crippen molar-refractivity contribution < 1.29 is 33.5 Å². The topological polar surface area (TPSA) is 119 Å². The Kier molecular flexibility index (Phi) is 10.1. The lowest BCUT2D eigenvalue weighted by Crippen LogP contribution is -2.43. The van der Waals surface area contributed by atoms with Gasteiger partial charge in [0.15, 0.2) is 0 Å². The van der Waals surface area contributed by atoms with E-state index in [1.807, 2.05) is 13.8 Å². The average Bonchev–Trinajstić information content (AvgIpc) is 2.91. The number of imide groups is 1. The van der Waals surface area contributed by atoms with Crippen molar-refractivity contribution in [3.05, 3.63) is 0 Å². The summed E-state index contributed by atoms with van der Waals surface area (Å²) < 4.78 is 4.57. The summed E-state index contributed by atoms with van der Waals surface area (Å²) in [4.78, 5) is 62.3. The molecule has 1 fully saturated rings. The summed E-state index contributed by atoms with van der Waals surface area (Å²) in [5.74, 6) is -3.41.